The zero-order chi connectivity index (χ0) is 32.9. The van der Waals surface area contributed by atoms with Crippen LogP contribution in [0.4, 0.5) is 19.0 Å². The van der Waals surface area contributed by atoms with Crippen molar-refractivity contribution in [2.75, 3.05) is 24.6 Å². The van der Waals surface area contributed by atoms with Crippen LogP contribution in [0.3, 0.4) is 0 Å². The lowest BCUT2D eigenvalue weighted by atomic mass is 9.64. The zero-order valence-electron chi connectivity index (χ0n) is 26.5. The van der Waals surface area contributed by atoms with Crippen LogP contribution < -0.4 is 9.64 Å². The lowest BCUT2D eigenvalue weighted by molar-refractivity contribution is -0.187. The summed E-state index contributed by atoms with van der Waals surface area (Å²) >= 11 is 0. The Balaban J connectivity index is 1.29. The molecule has 5 atom stereocenters. The highest BCUT2D eigenvalue weighted by Gasteiger charge is 2.50. The minimum absolute atomic E-state index is 0.00250. The number of hydrogen-bond donors (Lipinski definition) is 1. The number of carbonyl (C=O) groups is 2. The van der Waals surface area contributed by atoms with Gasteiger partial charge in [-0.15, -0.1) is 5.10 Å². The first kappa shape index (κ1) is 30.6. The van der Waals surface area contributed by atoms with Crippen LogP contribution in [0.2, 0.25) is 0 Å². The first-order chi connectivity index (χ1) is 22.4. The van der Waals surface area contributed by atoms with Crippen molar-refractivity contribution in [3.05, 3.63) is 11.3 Å². The van der Waals surface area contributed by atoms with Crippen LogP contribution in [0.5, 0.6) is 5.88 Å². The van der Waals surface area contributed by atoms with E-state index in [1.165, 1.54) is 0 Å². The van der Waals surface area contributed by atoms with Gasteiger partial charge in [-0.25, -0.2) is 14.6 Å². The SMILES string of the molecule is C[C@@H]([C@@H]1CCCN1C(=O)C(F)(F)F)n1nc2c3c(nc(-c4noc5c4CCC[C@@]54CCCCC4=O)nc31)N1C[C@](C)(O)CC[C@@H]1CO2. The van der Waals surface area contributed by atoms with E-state index in [-0.39, 0.29) is 43.2 Å². The largest absolute Gasteiger partial charge is 0.474 e. The number of amides is 1. The maximum Gasteiger partial charge on any atom is 0.471 e. The van der Waals surface area contributed by atoms with Gasteiger partial charge in [0.2, 0.25) is 5.88 Å². The second-order valence-corrected chi connectivity index (χ2v) is 14.3. The highest BCUT2D eigenvalue weighted by atomic mass is 19.4. The number of likely N-dealkylation sites (tertiary alicyclic amines) is 1. The molecular formula is C32H38F3N7O5. The van der Waals surface area contributed by atoms with E-state index in [0.29, 0.717) is 79.7 Å². The Morgan fingerprint density at radius 2 is 1.89 bits per heavy atom. The molecule has 3 fully saturated rings. The Kier molecular flexibility index (Phi) is 6.91. The molecule has 12 nitrogen and oxygen atoms in total. The zero-order valence-corrected chi connectivity index (χ0v) is 26.5. The Bertz CT molecular complexity index is 1770. The number of ketones is 1. The quantitative estimate of drug-likeness (QED) is 0.431. The summed E-state index contributed by atoms with van der Waals surface area (Å²) in [6.07, 6.45) is 2.18. The van der Waals surface area contributed by atoms with E-state index in [2.05, 4.69) is 5.16 Å². The molecule has 47 heavy (non-hydrogen) atoms. The van der Waals surface area contributed by atoms with E-state index >= 15 is 0 Å². The van der Waals surface area contributed by atoms with Gasteiger partial charge in [0.25, 0.3) is 0 Å². The number of carbonyl (C=O) groups excluding carboxylic acids is 2. The second kappa shape index (κ2) is 10.6. The van der Waals surface area contributed by atoms with Gasteiger partial charge in [-0.2, -0.15) is 13.2 Å². The number of ether oxygens (including phenoxy) is 1. The highest BCUT2D eigenvalue weighted by Crippen LogP contribution is 2.49. The normalized spacial score (nSPS) is 29.9. The topological polar surface area (TPSA) is 140 Å². The summed E-state index contributed by atoms with van der Waals surface area (Å²) in [6.45, 7) is 4.06. The molecule has 0 unspecified atom stereocenters. The number of nitrogens with zero attached hydrogens (tertiary/aromatic N) is 7. The van der Waals surface area contributed by atoms with Crippen molar-refractivity contribution in [1.29, 1.82) is 0 Å². The van der Waals surface area contributed by atoms with E-state index in [0.717, 1.165) is 29.7 Å². The van der Waals surface area contributed by atoms with Crippen LogP contribution in [0.25, 0.3) is 22.6 Å². The summed E-state index contributed by atoms with van der Waals surface area (Å²) in [6, 6.07) is -1.57. The molecule has 8 rings (SSSR count). The number of aliphatic hydroxyl groups is 1. The maximum absolute atomic E-state index is 13.6. The number of anilines is 1. The van der Waals surface area contributed by atoms with Crippen LogP contribution in [0.1, 0.15) is 95.4 Å². The van der Waals surface area contributed by atoms with Gasteiger partial charge in [0.15, 0.2) is 22.9 Å². The maximum atomic E-state index is 13.6. The van der Waals surface area contributed by atoms with Gasteiger partial charge in [0, 0.05) is 25.1 Å². The van der Waals surface area contributed by atoms with Gasteiger partial charge >= 0.3 is 12.1 Å². The van der Waals surface area contributed by atoms with Crippen molar-refractivity contribution in [3.63, 3.8) is 0 Å². The average Bonchev–Trinajstić information content (AvgIpc) is 3.76. The molecule has 3 aliphatic heterocycles. The summed E-state index contributed by atoms with van der Waals surface area (Å²) in [4.78, 5) is 38.6. The predicted octanol–water partition coefficient (Wildman–Crippen LogP) is 4.43. The molecule has 0 bridgehead atoms. The second-order valence-electron chi connectivity index (χ2n) is 14.3. The van der Waals surface area contributed by atoms with Crippen LogP contribution in [0.15, 0.2) is 4.52 Å². The third-order valence-electron chi connectivity index (χ3n) is 11.2. The van der Waals surface area contributed by atoms with Gasteiger partial charge < -0.3 is 24.2 Å². The number of aromatic nitrogens is 5. The van der Waals surface area contributed by atoms with Crippen molar-refractivity contribution < 1.29 is 37.1 Å². The Labute approximate surface area is 268 Å². The van der Waals surface area contributed by atoms with E-state index < -0.39 is 35.2 Å². The smallest absolute Gasteiger partial charge is 0.471 e. The highest BCUT2D eigenvalue weighted by molar-refractivity contribution is 5.95. The lowest BCUT2D eigenvalue weighted by Gasteiger charge is -2.42. The number of Topliss-reactive ketones (excluding diaryl/α,β-unsaturated/α-hetero) is 1. The first-order valence-electron chi connectivity index (χ1n) is 16.7. The first-order valence-corrected chi connectivity index (χ1v) is 16.7. The molecule has 1 N–H and O–H groups in total. The molecule has 6 heterocycles. The van der Waals surface area contributed by atoms with Crippen LogP contribution in [-0.4, -0.2) is 90.2 Å². The molecule has 0 radical (unpaired) electrons. The Morgan fingerprint density at radius 3 is 2.68 bits per heavy atom. The molecular weight excluding hydrogens is 619 g/mol. The minimum Gasteiger partial charge on any atom is -0.474 e. The minimum atomic E-state index is -4.99. The summed E-state index contributed by atoms with van der Waals surface area (Å²) in [5, 5.41) is 20.9. The fourth-order valence-corrected chi connectivity index (χ4v) is 8.73. The van der Waals surface area contributed by atoms with E-state index in [1.807, 2.05) is 4.90 Å². The van der Waals surface area contributed by atoms with Crippen molar-refractivity contribution >= 4 is 28.5 Å². The number of rotatable bonds is 3. The molecule has 0 aromatic carbocycles. The van der Waals surface area contributed by atoms with Crippen molar-refractivity contribution in [2.45, 2.75) is 120 Å². The molecule has 252 valence electrons. The molecule has 1 spiro atoms. The molecule has 2 aliphatic carbocycles. The average molecular weight is 658 g/mol. The summed E-state index contributed by atoms with van der Waals surface area (Å²) < 4.78 is 54.5. The van der Waals surface area contributed by atoms with Gasteiger partial charge in [0.05, 0.1) is 29.1 Å². The van der Waals surface area contributed by atoms with Crippen molar-refractivity contribution in [3.8, 4) is 17.4 Å². The van der Waals surface area contributed by atoms with Gasteiger partial charge in [-0.3, -0.25) is 9.59 Å². The number of hydrogen-bond acceptors (Lipinski definition) is 10. The monoisotopic (exact) mass is 657 g/mol. The Morgan fingerprint density at radius 1 is 1.09 bits per heavy atom. The molecule has 1 amide bonds. The number of piperidine rings is 1. The Hall–Kier alpha value is -3.75. The van der Waals surface area contributed by atoms with Crippen LogP contribution in [0, 0.1) is 0 Å². The fraction of sp³-hybridized carbons (Fsp3) is 0.688. The van der Waals surface area contributed by atoms with Gasteiger partial charge in [0.1, 0.15) is 23.6 Å². The van der Waals surface area contributed by atoms with Crippen molar-refractivity contribution in [1.82, 2.24) is 29.8 Å². The van der Waals surface area contributed by atoms with Crippen LogP contribution >= 0.6 is 0 Å². The standard InChI is InChI=1S/C32H38F3N7O5/c1-17(20-8-6-14-40(20)29(44)32(33,34)35)42-27-22-26(41-16-30(2,45)13-10-18(41)15-46-28(22)38-42)36-25(37-27)23-19-7-5-12-31(24(19)47-39-23)11-4-3-9-21(31)43/h17-18,20,45H,3-16H2,1-2H3/t17-,18+,20-,30+,31+/m0/s1. The molecule has 2 saturated heterocycles. The third-order valence-corrected chi connectivity index (χ3v) is 11.2. The fourth-order valence-electron chi connectivity index (χ4n) is 8.73. The van der Waals surface area contributed by atoms with E-state index in [1.54, 1.807) is 18.5 Å². The number of alkyl halides is 3. The summed E-state index contributed by atoms with van der Waals surface area (Å²) in [7, 11) is 0. The van der Waals surface area contributed by atoms with Crippen molar-refractivity contribution in [2.24, 2.45) is 0 Å². The summed E-state index contributed by atoms with van der Waals surface area (Å²) in [5.74, 6) is -0.101. The molecule has 3 aromatic heterocycles. The number of halogens is 3. The lowest BCUT2D eigenvalue weighted by Crippen LogP contribution is -2.53. The van der Waals surface area contributed by atoms with E-state index in [9.17, 15) is 27.9 Å². The number of fused-ring (bicyclic) bond motifs is 4. The summed E-state index contributed by atoms with van der Waals surface area (Å²) in [5.41, 5.74) is -0.122. The predicted molar refractivity (Wildman–Crippen MR) is 161 cm³/mol. The third kappa shape index (κ3) is 4.73. The van der Waals surface area contributed by atoms with Crippen LogP contribution in [-0.2, 0) is 21.4 Å². The van der Waals surface area contributed by atoms with Gasteiger partial charge in [-0.1, -0.05) is 11.6 Å². The molecule has 15 heteroatoms. The van der Waals surface area contributed by atoms with E-state index in [4.69, 9.17) is 24.3 Å². The molecule has 3 aromatic rings. The molecule has 1 saturated carbocycles. The van der Waals surface area contributed by atoms with Gasteiger partial charge in [-0.05, 0) is 71.6 Å². The molecule has 5 aliphatic rings.